The number of hydrazine groups is 1. The van der Waals surface area contributed by atoms with E-state index in [1.54, 1.807) is 18.7 Å². The summed E-state index contributed by atoms with van der Waals surface area (Å²) in [6, 6.07) is -0.981. The SMILES string of the molecule is CN1C(=O)C2C(=NC(NN)=[N+]2C)N(C)C1=O. The van der Waals surface area contributed by atoms with Gasteiger partial charge in [0, 0.05) is 14.1 Å². The zero-order valence-electron chi connectivity index (χ0n) is 9.26. The summed E-state index contributed by atoms with van der Waals surface area (Å²) in [7, 11) is 4.70. The Morgan fingerprint density at radius 2 is 2.00 bits per heavy atom. The minimum atomic E-state index is -0.584. The Balaban J connectivity index is 2.48. The van der Waals surface area contributed by atoms with Gasteiger partial charge in [-0.05, 0) is 0 Å². The summed E-state index contributed by atoms with van der Waals surface area (Å²) < 4.78 is 1.59. The van der Waals surface area contributed by atoms with Gasteiger partial charge in [-0.3, -0.25) is 14.6 Å². The topological polar surface area (TPSA) is 94.0 Å². The van der Waals surface area contributed by atoms with Gasteiger partial charge in [0.05, 0.1) is 7.05 Å². The highest BCUT2D eigenvalue weighted by Gasteiger charge is 2.50. The minimum absolute atomic E-state index is 0.311. The number of fused-ring (bicyclic) bond motifs is 1. The van der Waals surface area contributed by atoms with Crippen molar-refractivity contribution in [2.45, 2.75) is 6.04 Å². The number of aliphatic imine (C=N–C) groups is 1. The Hall–Kier alpha value is -1.96. The predicted molar refractivity (Wildman–Crippen MR) is 55.7 cm³/mol. The fourth-order valence-corrected chi connectivity index (χ4v) is 1.81. The van der Waals surface area contributed by atoms with Crippen molar-refractivity contribution in [2.75, 3.05) is 21.1 Å². The first-order valence-corrected chi connectivity index (χ1v) is 4.69. The molecule has 1 fully saturated rings. The van der Waals surface area contributed by atoms with E-state index in [1.807, 2.05) is 0 Å². The van der Waals surface area contributed by atoms with Crippen LogP contribution in [0.4, 0.5) is 4.79 Å². The van der Waals surface area contributed by atoms with E-state index in [2.05, 4.69) is 10.4 Å². The lowest BCUT2D eigenvalue weighted by Gasteiger charge is -2.31. The fourth-order valence-electron chi connectivity index (χ4n) is 1.81. The zero-order valence-corrected chi connectivity index (χ0v) is 9.26. The van der Waals surface area contributed by atoms with Crippen LogP contribution in [0.15, 0.2) is 4.99 Å². The van der Waals surface area contributed by atoms with Gasteiger partial charge in [0.25, 0.3) is 5.91 Å². The Kier molecular flexibility index (Phi) is 2.16. The number of nitrogens with one attached hydrogen (secondary N) is 1. The normalized spacial score (nSPS) is 25.0. The minimum Gasteiger partial charge on any atom is -0.270 e. The molecule has 0 aromatic rings. The number of guanidine groups is 1. The number of likely N-dealkylation sites (N-methyl/N-ethyl adjacent to an activating group) is 3. The number of nitrogens with two attached hydrogens (primary N) is 1. The van der Waals surface area contributed by atoms with Crippen LogP contribution >= 0.6 is 0 Å². The van der Waals surface area contributed by atoms with Gasteiger partial charge in [-0.15, -0.1) is 0 Å². The number of amides is 3. The summed E-state index contributed by atoms with van der Waals surface area (Å²) in [5.74, 6) is 5.72. The molecule has 0 saturated carbocycles. The largest absolute Gasteiger partial charge is 0.406 e. The summed E-state index contributed by atoms with van der Waals surface area (Å²) in [5, 5.41) is 0. The number of hydrogen-bond donors (Lipinski definition) is 2. The number of imide groups is 1. The molecule has 1 unspecified atom stereocenters. The third kappa shape index (κ3) is 1.13. The first-order valence-electron chi connectivity index (χ1n) is 4.69. The Bertz CT molecular complexity index is 440. The monoisotopic (exact) mass is 225 g/mol. The van der Waals surface area contributed by atoms with Crippen LogP contribution < -0.4 is 11.3 Å². The Morgan fingerprint density at radius 3 is 2.56 bits per heavy atom. The van der Waals surface area contributed by atoms with Crippen LogP contribution in [0.25, 0.3) is 0 Å². The molecule has 3 amide bonds. The number of hydrogen-bond acceptors (Lipinski definition) is 5. The molecule has 8 heteroatoms. The highest BCUT2D eigenvalue weighted by Crippen LogP contribution is 2.16. The van der Waals surface area contributed by atoms with Crippen LogP contribution in [0.1, 0.15) is 0 Å². The highest BCUT2D eigenvalue weighted by atomic mass is 16.2. The molecule has 8 nitrogen and oxygen atoms in total. The highest BCUT2D eigenvalue weighted by molar-refractivity contribution is 6.22. The van der Waals surface area contributed by atoms with E-state index in [4.69, 9.17) is 5.84 Å². The van der Waals surface area contributed by atoms with Crippen molar-refractivity contribution in [1.82, 2.24) is 15.2 Å². The predicted octanol–water partition coefficient (Wildman–Crippen LogP) is -2.25. The van der Waals surface area contributed by atoms with Gasteiger partial charge >= 0.3 is 12.0 Å². The molecule has 1 atom stereocenters. The van der Waals surface area contributed by atoms with Crippen molar-refractivity contribution in [3.63, 3.8) is 0 Å². The van der Waals surface area contributed by atoms with Crippen LogP contribution in [-0.2, 0) is 4.79 Å². The van der Waals surface area contributed by atoms with Crippen molar-refractivity contribution in [3.8, 4) is 0 Å². The zero-order chi connectivity index (χ0) is 12.0. The van der Waals surface area contributed by atoms with E-state index in [1.165, 1.54) is 11.9 Å². The van der Waals surface area contributed by atoms with Gasteiger partial charge in [0.1, 0.15) is 0 Å². The second-order valence-corrected chi connectivity index (χ2v) is 3.69. The van der Waals surface area contributed by atoms with Crippen LogP contribution in [0.3, 0.4) is 0 Å². The maximum Gasteiger partial charge on any atom is 0.406 e. The molecule has 2 heterocycles. The van der Waals surface area contributed by atoms with Crippen molar-refractivity contribution >= 4 is 23.7 Å². The molecule has 0 aromatic heterocycles. The number of nitrogens with zero attached hydrogens (tertiary/aromatic N) is 4. The average molecular weight is 225 g/mol. The lowest BCUT2D eigenvalue weighted by molar-refractivity contribution is -0.507. The number of carbonyl (C=O) groups excluding carboxylic acids is 2. The van der Waals surface area contributed by atoms with Crippen LogP contribution in [0.2, 0.25) is 0 Å². The molecule has 0 radical (unpaired) electrons. The van der Waals surface area contributed by atoms with E-state index in [-0.39, 0.29) is 5.91 Å². The molecule has 0 bridgehead atoms. The molecular weight excluding hydrogens is 212 g/mol. The summed E-state index contributed by atoms with van der Waals surface area (Å²) in [6.07, 6.45) is 0. The third-order valence-electron chi connectivity index (χ3n) is 2.80. The molecule has 86 valence electrons. The standard InChI is InChI=1S/C8H12N6O2/c1-12-4-5(10-7(12)11-9)13(2)8(16)14(3)6(4)15/h4H,9H2,1-3H3/p+1. The summed E-state index contributed by atoms with van der Waals surface area (Å²) in [5.41, 5.74) is 2.39. The first kappa shape index (κ1) is 10.6. The second-order valence-electron chi connectivity index (χ2n) is 3.69. The van der Waals surface area contributed by atoms with Crippen molar-refractivity contribution in [2.24, 2.45) is 10.8 Å². The molecule has 0 aliphatic carbocycles. The molecule has 3 N–H and O–H groups in total. The first-order chi connectivity index (χ1) is 7.49. The van der Waals surface area contributed by atoms with Crippen molar-refractivity contribution in [1.29, 1.82) is 0 Å². The number of rotatable bonds is 0. The van der Waals surface area contributed by atoms with Gasteiger partial charge in [-0.1, -0.05) is 4.99 Å². The van der Waals surface area contributed by atoms with Crippen molar-refractivity contribution < 1.29 is 14.2 Å². The number of urea groups is 1. The quantitative estimate of drug-likeness (QED) is 0.277. The molecule has 0 spiro atoms. The molecular formula is C8H13N6O2+. The number of carbonyl (C=O) groups is 2. The van der Waals surface area contributed by atoms with Gasteiger partial charge in [0.15, 0.2) is 0 Å². The molecule has 0 aromatic carbocycles. The molecule has 1 saturated heterocycles. The maximum absolute atomic E-state index is 11.9. The number of amidine groups is 1. The van der Waals surface area contributed by atoms with Crippen LogP contribution in [-0.4, -0.2) is 65.3 Å². The smallest absolute Gasteiger partial charge is 0.270 e. The summed E-state index contributed by atoms with van der Waals surface area (Å²) in [6.45, 7) is 0. The van der Waals surface area contributed by atoms with Crippen molar-refractivity contribution in [3.05, 3.63) is 0 Å². The third-order valence-corrected chi connectivity index (χ3v) is 2.80. The lowest BCUT2D eigenvalue weighted by Crippen LogP contribution is -2.61. The lowest BCUT2D eigenvalue weighted by atomic mass is 10.2. The van der Waals surface area contributed by atoms with E-state index < -0.39 is 12.1 Å². The van der Waals surface area contributed by atoms with E-state index in [0.717, 1.165) is 4.90 Å². The Labute approximate surface area is 92.0 Å². The van der Waals surface area contributed by atoms with Gasteiger partial charge in [-0.2, -0.15) is 5.84 Å². The van der Waals surface area contributed by atoms with E-state index in [0.29, 0.717) is 11.8 Å². The fraction of sp³-hybridized carbons (Fsp3) is 0.500. The van der Waals surface area contributed by atoms with Crippen LogP contribution in [0.5, 0.6) is 0 Å². The van der Waals surface area contributed by atoms with Gasteiger partial charge in [0.2, 0.25) is 11.9 Å². The van der Waals surface area contributed by atoms with Gasteiger partial charge < -0.3 is 0 Å². The summed E-state index contributed by atoms with van der Waals surface area (Å²) >= 11 is 0. The maximum atomic E-state index is 11.9. The molecule has 2 aliphatic heterocycles. The molecule has 2 aliphatic rings. The molecule has 2 rings (SSSR count). The average Bonchev–Trinajstić information content (AvgIpc) is 2.61. The summed E-state index contributed by atoms with van der Waals surface area (Å²) in [4.78, 5) is 30.1. The second kappa shape index (κ2) is 3.27. The van der Waals surface area contributed by atoms with E-state index >= 15 is 0 Å². The van der Waals surface area contributed by atoms with E-state index in [9.17, 15) is 9.59 Å². The Morgan fingerprint density at radius 1 is 1.38 bits per heavy atom. The molecule has 16 heavy (non-hydrogen) atoms. The van der Waals surface area contributed by atoms with Crippen LogP contribution in [0, 0.1) is 0 Å². The van der Waals surface area contributed by atoms with Gasteiger partial charge in [-0.25, -0.2) is 14.8 Å².